The van der Waals surface area contributed by atoms with Crippen LogP contribution in [0, 0.1) is 0 Å². The first-order valence-electron chi connectivity index (χ1n) is 8.24. The van der Waals surface area contributed by atoms with Gasteiger partial charge in [-0.05, 0) is 31.4 Å². The summed E-state index contributed by atoms with van der Waals surface area (Å²) in [6.45, 7) is 3.11. The zero-order valence-electron chi connectivity index (χ0n) is 13.5. The minimum absolute atomic E-state index is 0.173. The van der Waals surface area contributed by atoms with Crippen molar-refractivity contribution in [1.82, 2.24) is 4.72 Å². The number of benzene rings is 1. The summed E-state index contributed by atoms with van der Waals surface area (Å²) in [5, 5.41) is 0. The van der Waals surface area contributed by atoms with Crippen molar-refractivity contribution in [2.45, 2.75) is 30.3 Å². The molecule has 2 aliphatic heterocycles. The molecule has 1 atom stereocenters. The quantitative estimate of drug-likeness (QED) is 0.707. The fourth-order valence-corrected chi connectivity index (χ4v) is 3.73. The molecule has 8 heteroatoms. The summed E-state index contributed by atoms with van der Waals surface area (Å²) in [5.41, 5.74) is 0. The van der Waals surface area contributed by atoms with Crippen LogP contribution < -0.4 is 14.2 Å². The van der Waals surface area contributed by atoms with Crippen molar-refractivity contribution in [2.75, 3.05) is 39.6 Å². The molecule has 2 aliphatic rings. The Bertz CT molecular complexity index is 642. The van der Waals surface area contributed by atoms with Gasteiger partial charge in [0.25, 0.3) is 0 Å². The first kappa shape index (κ1) is 17.5. The van der Waals surface area contributed by atoms with E-state index in [1.807, 2.05) is 0 Å². The maximum Gasteiger partial charge on any atom is 0.240 e. The van der Waals surface area contributed by atoms with Gasteiger partial charge >= 0.3 is 0 Å². The highest BCUT2D eigenvalue weighted by Crippen LogP contribution is 2.32. The first-order valence-corrected chi connectivity index (χ1v) is 9.72. The number of hydrogen-bond donors (Lipinski definition) is 1. The fraction of sp³-hybridized carbons (Fsp3) is 0.625. The van der Waals surface area contributed by atoms with E-state index in [9.17, 15) is 8.42 Å². The average Bonchev–Trinajstić information content (AvgIpc) is 3.11. The van der Waals surface area contributed by atoms with E-state index in [1.165, 1.54) is 12.1 Å². The minimum Gasteiger partial charge on any atom is -0.486 e. The molecule has 0 bridgehead atoms. The summed E-state index contributed by atoms with van der Waals surface area (Å²) in [6, 6.07) is 4.63. The second kappa shape index (κ2) is 8.15. The Hall–Kier alpha value is -1.35. The van der Waals surface area contributed by atoms with Gasteiger partial charge in [0, 0.05) is 25.8 Å². The Balaban J connectivity index is 1.42. The van der Waals surface area contributed by atoms with Gasteiger partial charge in [-0.25, -0.2) is 13.1 Å². The van der Waals surface area contributed by atoms with Crippen molar-refractivity contribution in [3.8, 4) is 11.5 Å². The summed E-state index contributed by atoms with van der Waals surface area (Å²) in [5.74, 6) is 1.03. The molecule has 24 heavy (non-hydrogen) atoms. The Labute approximate surface area is 142 Å². The molecule has 1 fully saturated rings. The maximum absolute atomic E-state index is 12.3. The van der Waals surface area contributed by atoms with Crippen LogP contribution in [0.1, 0.15) is 19.3 Å². The highest BCUT2D eigenvalue weighted by molar-refractivity contribution is 7.89. The number of ether oxygens (including phenoxy) is 4. The van der Waals surface area contributed by atoms with Crippen molar-refractivity contribution in [3.63, 3.8) is 0 Å². The molecule has 0 saturated carbocycles. The van der Waals surface area contributed by atoms with Crippen molar-refractivity contribution in [3.05, 3.63) is 18.2 Å². The van der Waals surface area contributed by atoms with E-state index in [1.54, 1.807) is 6.07 Å². The van der Waals surface area contributed by atoms with Crippen LogP contribution >= 0.6 is 0 Å². The largest absolute Gasteiger partial charge is 0.486 e. The van der Waals surface area contributed by atoms with E-state index in [4.69, 9.17) is 18.9 Å². The predicted molar refractivity (Wildman–Crippen MR) is 87.0 cm³/mol. The molecule has 0 aliphatic carbocycles. The zero-order valence-corrected chi connectivity index (χ0v) is 14.3. The van der Waals surface area contributed by atoms with Gasteiger partial charge in [0.15, 0.2) is 11.5 Å². The van der Waals surface area contributed by atoms with Gasteiger partial charge in [0.05, 0.1) is 17.6 Å². The number of fused-ring (bicyclic) bond motifs is 1. The van der Waals surface area contributed by atoms with Crippen molar-refractivity contribution >= 4 is 10.0 Å². The van der Waals surface area contributed by atoms with Gasteiger partial charge in [-0.3, -0.25) is 0 Å². The monoisotopic (exact) mass is 357 g/mol. The normalized spacial score (nSPS) is 20.2. The summed E-state index contributed by atoms with van der Waals surface area (Å²) >= 11 is 0. The Morgan fingerprint density at radius 3 is 2.79 bits per heavy atom. The third-order valence-corrected chi connectivity index (χ3v) is 5.37. The SMILES string of the molecule is O=S(=O)(NCCCOC[C@@H]1CCCO1)c1ccc2c(c1)OCCO2. The number of nitrogens with one attached hydrogen (secondary N) is 1. The molecule has 0 amide bonds. The van der Waals surface area contributed by atoms with Crippen LogP contribution in [0.3, 0.4) is 0 Å². The molecule has 7 nitrogen and oxygen atoms in total. The van der Waals surface area contributed by atoms with Crippen LogP contribution in [0.5, 0.6) is 11.5 Å². The third kappa shape index (κ3) is 4.60. The van der Waals surface area contributed by atoms with Gasteiger partial charge in [0.1, 0.15) is 13.2 Å². The van der Waals surface area contributed by atoms with Gasteiger partial charge in [-0.1, -0.05) is 0 Å². The number of hydrogen-bond acceptors (Lipinski definition) is 6. The number of rotatable bonds is 8. The van der Waals surface area contributed by atoms with E-state index in [2.05, 4.69) is 4.72 Å². The van der Waals surface area contributed by atoms with Crippen molar-refractivity contribution in [2.24, 2.45) is 0 Å². The molecular weight excluding hydrogens is 334 g/mol. The molecule has 1 N–H and O–H groups in total. The topological polar surface area (TPSA) is 83.1 Å². The standard InChI is InChI=1S/C16H23NO6S/c18-24(19,14-4-5-15-16(11-14)23-10-9-22-15)17-6-2-7-20-12-13-3-1-8-21-13/h4-5,11,13,17H,1-3,6-10,12H2/t13-/m0/s1. The lowest BCUT2D eigenvalue weighted by molar-refractivity contribution is 0.0169. The van der Waals surface area contributed by atoms with E-state index >= 15 is 0 Å². The van der Waals surface area contributed by atoms with Gasteiger partial charge in [0.2, 0.25) is 10.0 Å². The molecule has 1 aromatic carbocycles. The molecule has 0 radical (unpaired) electrons. The van der Waals surface area contributed by atoms with Crippen molar-refractivity contribution in [1.29, 1.82) is 0 Å². The summed E-state index contributed by atoms with van der Waals surface area (Å²) in [4.78, 5) is 0.173. The van der Waals surface area contributed by atoms with Crippen LogP contribution in [0.15, 0.2) is 23.1 Å². The Morgan fingerprint density at radius 1 is 1.17 bits per heavy atom. The Kier molecular flexibility index (Phi) is 5.94. The molecular formula is C16H23NO6S. The molecule has 0 unspecified atom stereocenters. The Morgan fingerprint density at radius 2 is 2.00 bits per heavy atom. The smallest absolute Gasteiger partial charge is 0.240 e. The molecule has 1 saturated heterocycles. The van der Waals surface area contributed by atoms with Crippen LogP contribution in [-0.2, 0) is 19.5 Å². The van der Waals surface area contributed by atoms with Gasteiger partial charge in [-0.2, -0.15) is 0 Å². The van der Waals surface area contributed by atoms with E-state index in [-0.39, 0.29) is 11.0 Å². The van der Waals surface area contributed by atoms with E-state index < -0.39 is 10.0 Å². The molecule has 0 aromatic heterocycles. The lowest BCUT2D eigenvalue weighted by atomic mass is 10.2. The average molecular weight is 357 g/mol. The second-order valence-corrected chi connectivity index (χ2v) is 7.53. The highest BCUT2D eigenvalue weighted by atomic mass is 32.2. The van der Waals surface area contributed by atoms with E-state index in [0.29, 0.717) is 50.9 Å². The van der Waals surface area contributed by atoms with Gasteiger partial charge in [-0.15, -0.1) is 0 Å². The van der Waals surface area contributed by atoms with Crippen LogP contribution in [0.25, 0.3) is 0 Å². The molecule has 2 heterocycles. The summed E-state index contributed by atoms with van der Waals surface area (Å²) in [7, 11) is -3.56. The maximum atomic E-state index is 12.3. The lowest BCUT2D eigenvalue weighted by Crippen LogP contribution is -2.26. The summed E-state index contributed by atoms with van der Waals surface area (Å²) < 4.78 is 48.9. The fourth-order valence-electron chi connectivity index (χ4n) is 2.65. The molecule has 134 valence electrons. The van der Waals surface area contributed by atoms with Crippen LogP contribution in [0.4, 0.5) is 0 Å². The molecule has 0 spiro atoms. The highest BCUT2D eigenvalue weighted by Gasteiger charge is 2.19. The second-order valence-electron chi connectivity index (χ2n) is 5.77. The lowest BCUT2D eigenvalue weighted by Gasteiger charge is -2.19. The van der Waals surface area contributed by atoms with E-state index in [0.717, 1.165) is 19.4 Å². The molecule has 1 aromatic rings. The van der Waals surface area contributed by atoms with Gasteiger partial charge < -0.3 is 18.9 Å². The number of sulfonamides is 1. The predicted octanol–water partition coefficient (Wildman–Crippen LogP) is 1.32. The van der Waals surface area contributed by atoms with Crippen LogP contribution in [0.2, 0.25) is 0 Å². The minimum atomic E-state index is -3.56. The summed E-state index contributed by atoms with van der Waals surface area (Å²) in [6.07, 6.45) is 2.93. The zero-order chi connectivity index (χ0) is 16.8. The van der Waals surface area contributed by atoms with Crippen molar-refractivity contribution < 1.29 is 27.4 Å². The third-order valence-electron chi connectivity index (χ3n) is 3.91. The molecule has 3 rings (SSSR count). The first-order chi connectivity index (χ1) is 11.6. The van der Waals surface area contributed by atoms with Crippen LogP contribution in [-0.4, -0.2) is 54.1 Å².